The summed E-state index contributed by atoms with van der Waals surface area (Å²) in [4.78, 5) is 13.6. The third-order valence-corrected chi connectivity index (χ3v) is 10.0. The van der Waals surface area contributed by atoms with Crippen LogP contribution in [0.4, 0.5) is 0 Å². The Morgan fingerprint density at radius 3 is 2.62 bits per heavy atom. The second-order valence-corrected chi connectivity index (χ2v) is 10.9. The molecule has 9 atom stereocenters. The van der Waals surface area contributed by atoms with E-state index in [-0.39, 0.29) is 11.5 Å². The smallest absolute Gasteiger partial charge is 0.139 e. The summed E-state index contributed by atoms with van der Waals surface area (Å²) in [5.41, 5.74) is 0.249. The van der Waals surface area contributed by atoms with Crippen molar-refractivity contribution >= 4 is 5.78 Å². The molecule has 2 nitrogen and oxygen atoms in total. The Hall–Kier alpha value is -0.370. The highest BCUT2D eigenvalue weighted by molar-refractivity contribution is 5.87. The van der Waals surface area contributed by atoms with Gasteiger partial charge in [-0.05, 0) is 85.9 Å². The van der Waals surface area contributed by atoms with E-state index in [1.807, 2.05) is 0 Å². The van der Waals surface area contributed by atoms with E-state index in [0.29, 0.717) is 40.8 Å². The van der Waals surface area contributed by atoms with Crippen molar-refractivity contribution in [2.24, 2.45) is 46.3 Å². The second-order valence-electron chi connectivity index (χ2n) is 10.9. The molecule has 0 amide bonds. The van der Waals surface area contributed by atoms with Crippen molar-refractivity contribution in [3.63, 3.8) is 0 Å². The second kappa shape index (κ2) is 6.61. The van der Waals surface area contributed by atoms with Gasteiger partial charge in [-0.15, -0.1) is 0 Å². The minimum Gasteiger partial charge on any atom is -0.393 e. The van der Waals surface area contributed by atoms with Gasteiger partial charge in [0.2, 0.25) is 0 Å². The average Bonchev–Trinajstić information content (AvgIpc) is 2.96. The molecule has 0 aromatic heterocycles. The van der Waals surface area contributed by atoms with Gasteiger partial charge in [0.05, 0.1) is 6.10 Å². The van der Waals surface area contributed by atoms with Crippen molar-refractivity contribution in [1.82, 2.24) is 0 Å². The molecule has 0 saturated heterocycles. The van der Waals surface area contributed by atoms with E-state index in [4.69, 9.17) is 0 Å². The van der Waals surface area contributed by atoms with Crippen LogP contribution in [0, 0.1) is 46.3 Å². The van der Waals surface area contributed by atoms with Crippen molar-refractivity contribution in [3.8, 4) is 0 Å². The van der Waals surface area contributed by atoms with Gasteiger partial charge in [-0.1, -0.05) is 40.5 Å². The van der Waals surface area contributed by atoms with Gasteiger partial charge >= 0.3 is 0 Å². The van der Waals surface area contributed by atoms with Crippen molar-refractivity contribution in [3.05, 3.63) is 0 Å². The molecule has 0 bridgehead atoms. The molecule has 4 saturated carbocycles. The van der Waals surface area contributed by atoms with Crippen LogP contribution < -0.4 is 0 Å². The molecule has 26 heavy (non-hydrogen) atoms. The van der Waals surface area contributed by atoms with E-state index < -0.39 is 0 Å². The molecular formula is C24H40O2. The van der Waals surface area contributed by atoms with E-state index in [2.05, 4.69) is 27.7 Å². The predicted octanol–water partition coefficient (Wildman–Crippen LogP) is 5.62. The minimum absolute atomic E-state index is 0.0485. The van der Waals surface area contributed by atoms with Crippen LogP contribution in [0.25, 0.3) is 0 Å². The topological polar surface area (TPSA) is 37.3 Å². The standard InChI is InChI=1S/C24H40O2/c1-5-6-15(2)19-9-10-20-18-8-7-16-13-17(25)11-12-23(16,3)21(18)14-22(26)24(19,20)4/h15-21,25H,5-14H2,1-4H3. The van der Waals surface area contributed by atoms with Gasteiger partial charge < -0.3 is 5.11 Å². The fourth-order valence-corrected chi connectivity index (χ4v) is 8.54. The number of rotatable bonds is 3. The molecule has 0 aromatic carbocycles. The van der Waals surface area contributed by atoms with E-state index in [1.165, 1.54) is 38.5 Å². The number of carbonyl (C=O) groups excluding carboxylic acids is 1. The Labute approximate surface area is 160 Å². The third-order valence-electron chi connectivity index (χ3n) is 10.0. The fourth-order valence-electron chi connectivity index (χ4n) is 8.54. The lowest BCUT2D eigenvalue weighted by atomic mass is 9.44. The Morgan fingerprint density at radius 1 is 1.12 bits per heavy atom. The maximum Gasteiger partial charge on any atom is 0.139 e. The Kier molecular flexibility index (Phi) is 4.82. The molecule has 4 aliphatic carbocycles. The molecule has 4 rings (SSSR count). The number of ketones is 1. The molecule has 2 heteroatoms. The van der Waals surface area contributed by atoms with E-state index >= 15 is 0 Å². The van der Waals surface area contributed by atoms with Crippen LogP contribution in [0.1, 0.15) is 91.9 Å². The molecule has 0 aromatic rings. The van der Waals surface area contributed by atoms with Crippen molar-refractivity contribution in [2.45, 2.75) is 98.0 Å². The van der Waals surface area contributed by atoms with Crippen LogP contribution in [0.5, 0.6) is 0 Å². The van der Waals surface area contributed by atoms with Gasteiger partial charge in [-0.25, -0.2) is 0 Å². The minimum atomic E-state index is -0.0973. The maximum absolute atomic E-state index is 13.6. The number of carbonyl (C=O) groups is 1. The molecule has 0 heterocycles. The van der Waals surface area contributed by atoms with Crippen LogP contribution in [0.3, 0.4) is 0 Å². The molecule has 4 aliphatic rings. The Morgan fingerprint density at radius 2 is 1.88 bits per heavy atom. The molecule has 0 spiro atoms. The average molecular weight is 361 g/mol. The van der Waals surface area contributed by atoms with E-state index in [0.717, 1.165) is 31.6 Å². The zero-order valence-corrected chi connectivity index (χ0v) is 17.5. The summed E-state index contributed by atoms with van der Waals surface area (Å²) in [6.07, 6.45) is 11.4. The summed E-state index contributed by atoms with van der Waals surface area (Å²) in [6, 6.07) is 0. The van der Waals surface area contributed by atoms with Crippen molar-refractivity contribution in [2.75, 3.05) is 0 Å². The van der Waals surface area contributed by atoms with Gasteiger partial charge in [-0.3, -0.25) is 4.79 Å². The maximum atomic E-state index is 13.6. The number of Topliss-reactive ketones (excluding diaryl/α,β-unsaturated/α-hetero) is 1. The van der Waals surface area contributed by atoms with Crippen LogP contribution in [-0.2, 0) is 4.79 Å². The highest BCUT2D eigenvalue weighted by Crippen LogP contribution is 2.67. The summed E-state index contributed by atoms with van der Waals surface area (Å²) < 4.78 is 0. The molecular weight excluding hydrogens is 320 g/mol. The van der Waals surface area contributed by atoms with Gasteiger partial charge in [-0.2, -0.15) is 0 Å². The first-order valence-electron chi connectivity index (χ1n) is 11.5. The highest BCUT2D eigenvalue weighted by atomic mass is 16.3. The summed E-state index contributed by atoms with van der Waals surface area (Å²) in [5, 5.41) is 10.2. The molecule has 148 valence electrons. The van der Waals surface area contributed by atoms with Crippen LogP contribution in [0.2, 0.25) is 0 Å². The zero-order valence-electron chi connectivity index (χ0n) is 17.5. The Bertz CT molecular complexity index is 556. The van der Waals surface area contributed by atoms with Crippen LogP contribution in [0.15, 0.2) is 0 Å². The zero-order chi connectivity index (χ0) is 18.7. The van der Waals surface area contributed by atoms with Crippen LogP contribution in [-0.4, -0.2) is 17.0 Å². The quantitative estimate of drug-likeness (QED) is 0.709. The summed E-state index contributed by atoms with van der Waals surface area (Å²) in [6.45, 7) is 9.52. The monoisotopic (exact) mass is 360 g/mol. The SMILES string of the molecule is CCCC(C)C1CCC2C3CCC4CC(O)CCC4(C)C3CC(=O)C12C. The van der Waals surface area contributed by atoms with Crippen molar-refractivity contribution in [1.29, 1.82) is 0 Å². The van der Waals surface area contributed by atoms with Gasteiger partial charge in [0.15, 0.2) is 0 Å². The number of aliphatic hydroxyl groups excluding tert-OH is 1. The third kappa shape index (κ3) is 2.57. The normalized spacial score (nSPS) is 52.1. The summed E-state index contributed by atoms with van der Waals surface area (Å²) in [5.74, 6) is 4.50. The molecule has 1 N–H and O–H groups in total. The van der Waals surface area contributed by atoms with E-state index in [9.17, 15) is 9.90 Å². The summed E-state index contributed by atoms with van der Waals surface area (Å²) in [7, 11) is 0. The first kappa shape index (κ1) is 19.0. The fraction of sp³-hybridized carbons (Fsp3) is 0.958. The lowest BCUT2D eigenvalue weighted by molar-refractivity contribution is -0.160. The van der Waals surface area contributed by atoms with E-state index in [1.54, 1.807) is 0 Å². The largest absolute Gasteiger partial charge is 0.393 e. The van der Waals surface area contributed by atoms with Gasteiger partial charge in [0.25, 0.3) is 0 Å². The lowest BCUT2D eigenvalue weighted by Crippen LogP contribution is -2.57. The van der Waals surface area contributed by atoms with Gasteiger partial charge in [0, 0.05) is 11.8 Å². The number of hydrogen-bond acceptors (Lipinski definition) is 2. The number of hydrogen-bond donors (Lipinski definition) is 1. The summed E-state index contributed by atoms with van der Waals surface area (Å²) >= 11 is 0. The molecule has 4 fully saturated rings. The first-order valence-corrected chi connectivity index (χ1v) is 11.5. The highest BCUT2D eigenvalue weighted by Gasteiger charge is 2.63. The number of aliphatic hydroxyl groups is 1. The molecule has 0 aliphatic heterocycles. The molecule has 0 radical (unpaired) electrons. The first-order chi connectivity index (χ1) is 12.3. The van der Waals surface area contributed by atoms with Gasteiger partial charge in [0.1, 0.15) is 5.78 Å². The molecule has 9 unspecified atom stereocenters. The van der Waals surface area contributed by atoms with Crippen LogP contribution >= 0.6 is 0 Å². The predicted molar refractivity (Wildman–Crippen MR) is 106 cm³/mol. The van der Waals surface area contributed by atoms with Crippen molar-refractivity contribution < 1.29 is 9.90 Å². The lowest BCUT2D eigenvalue weighted by Gasteiger charge is -2.60. The number of fused-ring (bicyclic) bond motifs is 5. The Balaban J connectivity index is 1.62.